The maximum Gasteiger partial charge on any atom is 0.191 e. The number of halogens is 1. The maximum absolute atomic E-state index is 5.51. The lowest BCUT2D eigenvalue weighted by Crippen LogP contribution is -2.46. The van der Waals surface area contributed by atoms with Crippen LogP contribution < -0.4 is 10.6 Å². The number of nitrogens with zero attached hydrogens (tertiary/aromatic N) is 5. The van der Waals surface area contributed by atoms with Crippen LogP contribution >= 0.6 is 24.0 Å². The van der Waals surface area contributed by atoms with E-state index in [1.165, 1.54) is 0 Å². The van der Waals surface area contributed by atoms with Gasteiger partial charge in [0.25, 0.3) is 0 Å². The van der Waals surface area contributed by atoms with Crippen LogP contribution in [0.4, 0.5) is 0 Å². The number of aryl methyl sites for hydroxylation is 1. The summed E-state index contributed by atoms with van der Waals surface area (Å²) in [5, 5.41) is 14.9. The van der Waals surface area contributed by atoms with Crippen molar-refractivity contribution in [3.05, 3.63) is 12.2 Å². The van der Waals surface area contributed by atoms with Crippen molar-refractivity contribution in [2.75, 3.05) is 45.9 Å². The van der Waals surface area contributed by atoms with E-state index in [-0.39, 0.29) is 24.0 Å². The Balaban J connectivity index is 0.00000392. The van der Waals surface area contributed by atoms with Gasteiger partial charge in [-0.3, -0.25) is 9.89 Å². The average molecular weight is 507 g/mol. The number of rotatable bonds is 10. The molecule has 2 N–H and O–H groups in total. The van der Waals surface area contributed by atoms with Gasteiger partial charge in [-0.1, -0.05) is 20.8 Å². The summed E-state index contributed by atoms with van der Waals surface area (Å²) >= 11 is 0. The zero-order chi connectivity index (χ0) is 19.5. The van der Waals surface area contributed by atoms with Gasteiger partial charge in [-0.15, -0.1) is 34.2 Å². The number of morpholine rings is 1. The van der Waals surface area contributed by atoms with E-state index >= 15 is 0 Å². The molecular formula is C19H38IN7O. The molecule has 1 aromatic rings. The van der Waals surface area contributed by atoms with Crippen LogP contribution in [-0.2, 0) is 17.7 Å². The number of hydrogen-bond donors (Lipinski definition) is 2. The lowest BCUT2D eigenvalue weighted by molar-refractivity contribution is 0.0143. The van der Waals surface area contributed by atoms with E-state index in [1.807, 2.05) is 0 Å². The number of aliphatic imine (C=N–C) groups is 1. The average Bonchev–Trinajstić information content (AvgIpc) is 3.13. The molecule has 2 heterocycles. The van der Waals surface area contributed by atoms with Gasteiger partial charge < -0.3 is 19.9 Å². The minimum absolute atomic E-state index is 0. The van der Waals surface area contributed by atoms with Crippen LogP contribution in [0.1, 0.15) is 39.9 Å². The van der Waals surface area contributed by atoms with E-state index in [9.17, 15) is 0 Å². The number of aromatic nitrogens is 3. The van der Waals surface area contributed by atoms with Gasteiger partial charge in [0.05, 0.1) is 19.8 Å². The minimum atomic E-state index is 0. The first kappa shape index (κ1) is 25.1. The van der Waals surface area contributed by atoms with Gasteiger partial charge in [-0.25, -0.2) is 0 Å². The second-order valence-electron chi connectivity index (χ2n) is 7.37. The Hall–Kier alpha value is -0.940. The molecule has 0 saturated carbocycles. The SMILES string of the molecule is CCNC(=NCC(CC(C)C)N1CCOCC1)NCCn1cnnc1CC.I. The van der Waals surface area contributed by atoms with Crippen molar-refractivity contribution in [2.24, 2.45) is 10.9 Å². The smallest absolute Gasteiger partial charge is 0.191 e. The Morgan fingerprint density at radius 1 is 1.25 bits per heavy atom. The molecule has 0 aliphatic carbocycles. The summed E-state index contributed by atoms with van der Waals surface area (Å²) < 4.78 is 7.60. The quantitative estimate of drug-likeness (QED) is 0.286. The summed E-state index contributed by atoms with van der Waals surface area (Å²) in [6.45, 7) is 15.7. The summed E-state index contributed by atoms with van der Waals surface area (Å²) in [5.41, 5.74) is 0. The van der Waals surface area contributed by atoms with Crippen molar-refractivity contribution >= 4 is 29.9 Å². The molecule has 162 valence electrons. The van der Waals surface area contributed by atoms with Gasteiger partial charge in [-0.2, -0.15) is 0 Å². The fourth-order valence-electron chi connectivity index (χ4n) is 3.40. The molecule has 1 aromatic heterocycles. The van der Waals surface area contributed by atoms with Crippen molar-refractivity contribution < 1.29 is 4.74 Å². The highest BCUT2D eigenvalue weighted by Gasteiger charge is 2.21. The zero-order valence-corrected chi connectivity index (χ0v) is 20.2. The third-order valence-electron chi connectivity index (χ3n) is 4.77. The van der Waals surface area contributed by atoms with E-state index in [0.717, 1.165) is 77.1 Å². The third-order valence-corrected chi connectivity index (χ3v) is 4.77. The van der Waals surface area contributed by atoms with E-state index in [0.29, 0.717) is 12.0 Å². The van der Waals surface area contributed by atoms with Crippen LogP contribution in [0.5, 0.6) is 0 Å². The predicted molar refractivity (Wildman–Crippen MR) is 124 cm³/mol. The molecule has 1 atom stereocenters. The number of nitrogens with one attached hydrogen (secondary N) is 2. The monoisotopic (exact) mass is 507 g/mol. The van der Waals surface area contributed by atoms with Gasteiger partial charge in [0.15, 0.2) is 5.96 Å². The van der Waals surface area contributed by atoms with Crippen molar-refractivity contribution in [1.82, 2.24) is 30.3 Å². The Bertz CT molecular complexity index is 558. The van der Waals surface area contributed by atoms with Gasteiger partial charge in [-0.05, 0) is 19.3 Å². The number of guanidine groups is 1. The standard InChI is InChI=1S/C19H37N7O.HI/c1-5-18-24-23-15-26(18)8-7-21-19(20-6-2)22-14-17(13-16(3)4)25-9-11-27-12-10-25;/h15-17H,5-14H2,1-4H3,(H2,20,21,22);1H. The third kappa shape index (κ3) is 8.60. The molecule has 0 amide bonds. The van der Waals surface area contributed by atoms with E-state index < -0.39 is 0 Å². The summed E-state index contributed by atoms with van der Waals surface area (Å²) in [6.07, 6.45) is 3.84. The van der Waals surface area contributed by atoms with Gasteiger partial charge in [0.2, 0.25) is 0 Å². The molecular weight excluding hydrogens is 469 g/mol. The normalized spacial score (nSPS) is 16.7. The molecule has 0 spiro atoms. The van der Waals surface area contributed by atoms with Crippen LogP contribution in [-0.4, -0.2) is 77.6 Å². The summed E-state index contributed by atoms with van der Waals surface area (Å²) in [7, 11) is 0. The highest BCUT2D eigenvalue weighted by molar-refractivity contribution is 14.0. The second kappa shape index (κ2) is 14.1. The highest BCUT2D eigenvalue weighted by atomic mass is 127. The zero-order valence-electron chi connectivity index (χ0n) is 17.9. The van der Waals surface area contributed by atoms with Gasteiger partial charge >= 0.3 is 0 Å². The van der Waals surface area contributed by atoms with E-state index in [1.54, 1.807) is 6.33 Å². The lowest BCUT2D eigenvalue weighted by Gasteiger charge is -2.34. The second-order valence-corrected chi connectivity index (χ2v) is 7.37. The molecule has 0 radical (unpaired) electrons. The predicted octanol–water partition coefficient (Wildman–Crippen LogP) is 1.76. The van der Waals surface area contributed by atoms with Gasteiger partial charge in [0, 0.05) is 45.2 Å². The molecule has 1 unspecified atom stereocenters. The first-order valence-corrected chi connectivity index (χ1v) is 10.3. The lowest BCUT2D eigenvalue weighted by atomic mass is 10.0. The number of hydrogen-bond acceptors (Lipinski definition) is 5. The van der Waals surface area contributed by atoms with Crippen molar-refractivity contribution in [1.29, 1.82) is 0 Å². The molecule has 2 rings (SSSR count). The molecule has 9 heteroatoms. The Morgan fingerprint density at radius 3 is 2.64 bits per heavy atom. The summed E-state index contributed by atoms with van der Waals surface area (Å²) in [5.74, 6) is 2.55. The molecule has 1 saturated heterocycles. The molecule has 1 fully saturated rings. The highest BCUT2D eigenvalue weighted by Crippen LogP contribution is 2.14. The Morgan fingerprint density at radius 2 is 2.00 bits per heavy atom. The van der Waals surface area contributed by atoms with Gasteiger partial charge in [0.1, 0.15) is 12.2 Å². The molecule has 0 aromatic carbocycles. The Kier molecular flexibility index (Phi) is 12.6. The van der Waals surface area contributed by atoms with Crippen LogP contribution in [0.3, 0.4) is 0 Å². The van der Waals surface area contributed by atoms with Crippen LogP contribution in [0.15, 0.2) is 11.3 Å². The Labute approximate surface area is 186 Å². The van der Waals surface area contributed by atoms with Crippen LogP contribution in [0, 0.1) is 5.92 Å². The molecule has 1 aliphatic rings. The van der Waals surface area contributed by atoms with E-state index in [4.69, 9.17) is 9.73 Å². The van der Waals surface area contributed by atoms with E-state index in [2.05, 4.69) is 58.0 Å². The molecule has 8 nitrogen and oxygen atoms in total. The van der Waals surface area contributed by atoms with Crippen LogP contribution in [0.2, 0.25) is 0 Å². The number of ether oxygens (including phenoxy) is 1. The minimum Gasteiger partial charge on any atom is -0.379 e. The van der Waals surface area contributed by atoms with Crippen molar-refractivity contribution in [3.63, 3.8) is 0 Å². The largest absolute Gasteiger partial charge is 0.379 e. The van der Waals surface area contributed by atoms with Crippen molar-refractivity contribution in [2.45, 2.75) is 53.1 Å². The first-order chi connectivity index (χ1) is 13.1. The summed E-state index contributed by atoms with van der Waals surface area (Å²) in [4.78, 5) is 7.40. The topological polar surface area (TPSA) is 79.6 Å². The first-order valence-electron chi connectivity index (χ1n) is 10.3. The molecule has 0 bridgehead atoms. The summed E-state index contributed by atoms with van der Waals surface area (Å²) in [6, 6.07) is 0.467. The maximum atomic E-state index is 5.51. The molecule has 28 heavy (non-hydrogen) atoms. The fraction of sp³-hybridized carbons (Fsp3) is 0.842. The fourth-order valence-corrected chi connectivity index (χ4v) is 3.40. The van der Waals surface area contributed by atoms with Crippen LogP contribution in [0.25, 0.3) is 0 Å². The molecule has 1 aliphatic heterocycles. The van der Waals surface area contributed by atoms with Crippen molar-refractivity contribution in [3.8, 4) is 0 Å².